The number of nitrogens with one attached hydrogen (secondary N) is 2. The van der Waals surface area contributed by atoms with Crippen LogP contribution in [0, 0.1) is 0 Å². The average Bonchev–Trinajstić information content (AvgIpc) is 3.46. The van der Waals surface area contributed by atoms with Gasteiger partial charge in [0.25, 0.3) is 5.91 Å². The molecule has 0 aliphatic rings. The van der Waals surface area contributed by atoms with Crippen molar-refractivity contribution in [3.05, 3.63) is 82.3 Å². The number of halogens is 3. The summed E-state index contributed by atoms with van der Waals surface area (Å²) in [6.07, 6.45) is -1.53. The molecule has 1 amide bonds. The molecule has 1 aromatic carbocycles. The summed E-state index contributed by atoms with van der Waals surface area (Å²) >= 11 is 1.30. The van der Waals surface area contributed by atoms with Crippen molar-refractivity contribution in [2.45, 2.75) is 18.7 Å². The Labute approximate surface area is 184 Å². The van der Waals surface area contributed by atoms with Crippen LogP contribution in [0.1, 0.15) is 34.4 Å². The highest BCUT2D eigenvalue weighted by atomic mass is 32.1. The van der Waals surface area contributed by atoms with Crippen LogP contribution in [0.3, 0.4) is 0 Å². The number of amides is 1. The molecule has 32 heavy (non-hydrogen) atoms. The van der Waals surface area contributed by atoms with Gasteiger partial charge in [0.15, 0.2) is 0 Å². The zero-order valence-corrected chi connectivity index (χ0v) is 17.3. The Morgan fingerprint density at radius 1 is 1.16 bits per heavy atom. The predicted molar refractivity (Wildman–Crippen MR) is 112 cm³/mol. The molecule has 0 fully saturated rings. The molecule has 7 nitrogen and oxygen atoms in total. The zero-order valence-electron chi connectivity index (χ0n) is 16.5. The van der Waals surface area contributed by atoms with Gasteiger partial charge < -0.3 is 15.4 Å². The van der Waals surface area contributed by atoms with Gasteiger partial charge in [-0.1, -0.05) is 12.1 Å². The van der Waals surface area contributed by atoms with Crippen molar-refractivity contribution < 1.29 is 23.1 Å². The van der Waals surface area contributed by atoms with Crippen LogP contribution < -0.4 is 5.32 Å². The third-order valence-electron chi connectivity index (χ3n) is 4.76. The van der Waals surface area contributed by atoms with E-state index in [1.807, 2.05) is 0 Å². The molecule has 3 heterocycles. The number of nitrogens with zero attached hydrogens (tertiary/aromatic N) is 3. The molecule has 0 saturated carbocycles. The quantitative estimate of drug-likeness (QED) is 0.409. The maximum atomic E-state index is 13.0. The first-order valence-corrected chi connectivity index (χ1v) is 10.2. The van der Waals surface area contributed by atoms with E-state index < -0.39 is 17.3 Å². The third kappa shape index (κ3) is 4.39. The molecule has 0 bridgehead atoms. The number of anilines is 1. The van der Waals surface area contributed by atoms with Gasteiger partial charge in [0.05, 0.1) is 16.8 Å². The minimum atomic E-state index is -4.53. The van der Waals surface area contributed by atoms with Gasteiger partial charge in [-0.05, 0) is 36.8 Å². The van der Waals surface area contributed by atoms with Gasteiger partial charge in [0.1, 0.15) is 22.9 Å². The number of pyridine rings is 1. The smallest absolute Gasteiger partial charge is 0.377 e. The largest absolute Gasteiger partial charge is 0.416 e. The Bertz CT molecular complexity index is 1240. The van der Waals surface area contributed by atoms with Gasteiger partial charge in [-0.25, -0.2) is 15.0 Å². The number of benzene rings is 1. The molecule has 3 N–H and O–H groups in total. The Kier molecular flexibility index (Phi) is 5.53. The van der Waals surface area contributed by atoms with Crippen molar-refractivity contribution in [2.75, 3.05) is 5.32 Å². The minimum absolute atomic E-state index is 0.0476. The van der Waals surface area contributed by atoms with Gasteiger partial charge in [-0.2, -0.15) is 13.2 Å². The van der Waals surface area contributed by atoms with Crippen LogP contribution in [-0.4, -0.2) is 30.9 Å². The third-order valence-corrected chi connectivity index (χ3v) is 5.34. The first-order valence-electron chi connectivity index (χ1n) is 9.26. The molecule has 11 heteroatoms. The van der Waals surface area contributed by atoms with E-state index in [1.165, 1.54) is 42.8 Å². The summed E-state index contributed by atoms with van der Waals surface area (Å²) in [7, 11) is 0. The molecule has 1 unspecified atom stereocenters. The molecule has 3 aromatic heterocycles. The average molecular weight is 459 g/mol. The number of H-pyrrole nitrogens is 1. The van der Waals surface area contributed by atoms with E-state index in [-0.39, 0.29) is 23.0 Å². The molecule has 0 saturated heterocycles. The molecule has 0 spiro atoms. The van der Waals surface area contributed by atoms with E-state index in [4.69, 9.17) is 0 Å². The molecule has 1 atom stereocenters. The lowest BCUT2D eigenvalue weighted by Gasteiger charge is -2.22. The summed E-state index contributed by atoms with van der Waals surface area (Å²) in [5.74, 6) is 0.0110. The summed E-state index contributed by atoms with van der Waals surface area (Å²) in [4.78, 5) is 27.3. The van der Waals surface area contributed by atoms with Gasteiger partial charge >= 0.3 is 6.18 Å². The fourth-order valence-corrected chi connectivity index (χ4v) is 3.51. The van der Waals surface area contributed by atoms with Crippen LogP contribution in [0.4, 0.5) is 19.0 Å². The number of carbonyl (C=O) groups is 1. The van der Waals surface area contributed by atoms with Crippen molar-refractivity contribution in [1.82, 2.24) is 19.9 Å². The fraction of sp³-hybridized carbons (Fsp3) is 0.143. The first kappa shape index (κ1) is 21.7. The van der Waals surface area contributed by atoms with Crippen LogP contribution in [0.25, 0.3) is 11.3 Å². The second-order valence-corrected chi connectivity index (χ2v) is 7.76. The monoisotopic (exact) mass is 459 g/mol. The summed E-state index contributed by atoms with van der Waals surface area (Å²) in [6.45, 7) is 1.36. The lowest BCUT2D eigenvalue weighted by molar-refractivity contribution is -0.137. The number of aliphatic hydroxyl groups is 1. The molecule has 164 valence electrons. The lowest BCUT2D eigenvalue weighted by Crippen LogP contribution is -2.25. The highest BCUT2D eigenvalue weighted by Crippen LogP contribution is 2.34. The van der Waals surface area contributed by atoms with Crippen molar-refractivity contribution in [3.63, 3.8) is 0 Å². The molecule has 0 radical (unpaired) electrons. The number of thiazole rings is 1. The van der Waals surface area contributed by atoms with E-state index in [9.17, 15) is 23.1 Å². The number of hydrogen-bond donors (Lipinski definition) is 3. The van der Waals surface area contributed by atoms with Gasteiger partial charge in [0, 0.05) is 23.3 Å². The van der Waals surface area contributed by atoms with E-state index in [0.29, 0.717) is 17.1 Å². The Morgan fingerprint density at radius 3 is 2.59 bits per heavy atom. The standard InChI is InChI=1S/C21H16F3N5O2S/c1-20(31,13-3-2-4-14(7-13)21(22,23)24)19-26-9-15(28-19)12-5-6-17(25-8-12)29-18(30)16-10-32-11-27-16/h2-11,31H,1H3,(H,26,28)(H,25,29,30). The van der Waals surface area contributed by atoms with Crippen molar-refractivity contribution in [3.8, 4) is 11.3 Å². The SMILES string of the molecule is CC(O)(c1cccc(C(F)(F)F)c1)c1nc(-c2ccc(NC(=O)c3cscn3)nc2)c[nH]1. The number of imidazole rings is 1. The van der Waals surface area contributed by atoms with Crippen LogP contribution >= 0.6 is 11.3 Å². The van der Waals surface area contributed by atoms with Crippen LogP contribution in [0.15, 0.2) is 59.7 Å². The minimum Gasteiger partial charge on any atom is -0.377 e. The predicted octanol–water partition coefficient (Wildman–Crippen LogP) is 4.46. The van der Waals surface area contributed by atoms with Crippen LogP contribution in [0.2, 0.25) is 0 Å². The number of rotatable bonds is 5. The first-order chi connectivity index (χ1) is 15.1. The number of aromatic nitrogens is 4. The number of aromatic amines is 1. The second-order valence-electron chi connectivity index (χ2n) is 7.05. The zero-order chi connectivity index (χ0) is 22.9. The second kappa shape index (κ2) is 8.17. The van der Waals surface area contributed by atoms with E-state index in [0.717, 1.165) is 12.1 Å². The van der Waals surface area contributed by atoms with E-state index >= 15 is 0 Å². The molecular weight excluding hydrogens is 443 g/mol. The number of carbonyl (C=O) groups excluding carboxylic acids is 1. The van der Waals surface area contributed by atoms with Gasteiger partial charge in [0.2, 0.25) is 0 Å². The van der Waals surface area contributed by atoms with Crippen molar-refractivity contribution in [1.29, 1.82) is 0 Å². The molecule has 4 aromatic rings. The lowest BCUT2D eigenvalue weighted by atomic mass is 9.93. The summed E-state index contributed by atoms with van der Waals surface area (Å²) in [5, 5.41) is 15.2. The maximum Gasteiger partial charge on any atom is 0.416 e. The van der Waals surface area contributed by atoms with Gasteiger partial charge in [-0.3, -0.25) is 4.79 Å². The molecular formula is C21H16F3N5O2S. The molecule has 0 aliphatic heterocycles. The maximum absolute atomic E-state index is 13.0. The van der Waals surface area contributed by atoms with Crippen LogP contribution in [-0.2, 0) is 11.8 Å². The summed E-state index contributed by atoms with van der Waals surface area (Å²) in [6, 6.07) is 7.72. The summed E-state index contributed by atoms with van der Waals surface area (Å²) < 4.78 is 39.1. The van der Waals surface area contributed by atoms with Crippen LogP contribution in [0.5, 0.6) is 0 Å². The summed E-state index contributed by atoms with van der Waals surface area (Å²) in [5.41, 5.74) is 0.252. The molecule has 0 aliphatic carbocycles. The number of alkyl halides is 3. The molecule has 4 rings (SSSR count). The Morgan fingerprint density at radius 2 is 1.94 bits per heavy atom. The Hall–Kier alpha value is -3.57. The van der Waals surface area contributed by atoms with E-state index in [1.54, 1.807) is 23.0 Å². The highest BCUT2D eigenvalue weighted by molar-refractivity contribution is 7.07. The van der Waals surface area contributed by atoms with E-state index in [2.05, 4.69) is 25.3 Å². The van der Waals surface area contributed by atoms with Gasteiger partial charge in [-0.15, -0.1) is 11.3 Å². The number of hydrogen-bond acceptors (Lipinski definition) is 6. The van der Waals surface area contributed by atoms with Crippen molar-refractivity contribution in [2.24, 2.45) is 0 Å². The Balaban J connectivity index is 1.54. The topological polar surface area (TPSA) is 104 Å². The normalized spacial score (nSPS) is 13.5. The fourth-order valence-electron chi connectivity index (χ4n) is 2.98. The highest BCUT2D eigenvalue weighted by Gasteiger charge is 2.34. The van der Waals surface area contributed by atoms with Crippen molar-refractivity contribution >= 4 is 23.1 Å².